The van der Waals surface area contributed by atoms with Crippen molar-refractivity contribution in [1.29, 1.82) is 0 Å². The molecule has 1 aliphatic carbocycles. The lowest BCUT2D eigenvalue weighted by molar-refractivity contribution is -0.0405. The van der Waals surface area contributed by atoms with E-state index in [1.165, 1.54) is 6.07 Å². The van der Waals surface area contributed by atoms with Crippen molar-refractivity contribution in [2.45, 2.75) is 84.0 Å². The number of anilines is 4. The second-order valence-electron chi connectivity index (χ2n) is 13.9. The van der Waals surface area contributed by atoms with Crippen LogP contribution >= 0.6 is 0 Å². The minimum Gasteiger partial charge on any atom is -0.484 e. The first-order valence-corrected chi connectivity index (χ1v) is 20.3. The molecule has 13 heteroatoms. The van der Waals surface area contributed by atoms with E-state index in [4.69, 9.17) is 29.3 Å². The molecule has 1 saturated heterocycles. The van der Waals surface area contributed by atoms with Gasteiger partial charge >= 0.3 is 0 Å². The predicted molar refractivity (Wildman–Crippen MR) is 184 cm³/mol. The normalized spacial score (nSPS) is 16.8. The number of rotatable bonds is 13. The van der Waals surface area contributed by atoms with Crippen molar-refractivity contribution in [3.63, 3.8) is 0 Å². The zero-order valence-corrected chi connectivity index (χ0v) is 29.7. The number of hydrogen-bond donors (Lipinski definition) is 0. The molecule has 2 aliphatic rings. The molecule has 11 nitrogen and oxygen atoms in total. The highest BCUT2D eigenvalue weighted by molar-refractivity contribution is 6.76. The third-order valence-corrected chi connectivity index (χ3v) is 10.2. The van der Waals surface area contributed by atoms with Gasteiger partial charge in [0, 0.05) is 58.9 Å². The maximum atomic E-state index is 15.3. The number of nitrogens with zero attached hydrogens (tertiary/aromatic N) is 8. The third-order valence-electron chi connectivity index (χ3n) is 8.47. The summed E-state index contributed by atoms with van der Waals surface area (Å²) in [6.07, 6.45) is 8.52. The van der Waals surface area contributed by atoms with E-state index in [0.717, 1.165) is 55.0 Å². The fourth-order valence-corrected chi connectivity index (χ4v) is 6.29. The molecular weight excluding hydrogens is 616 g/mol. The van der Waals surface area contributed by atoms with Crippen LogP contribution in [-0.4, -0.2) is 70.7 Å². The maximum Gasteiger partial charge on any atom is 0.232 e. The van der Waals surface area contributed by atoms with Gasteiger partial charge in [-0.2, -0.15) is 15.2 Å². The summed E-state index contributed by atoms with van der Waals surface area (Å²) in [7, 11) is 2.29. The molecule has 1 atom stereocenters. The van der Waals surface area contributed by atoms with Gasteiger partial charge in [0.05, 0.1) is 18.0 Å². The van der Waals surface area contributed by atoms with E-state index in [9.17, 15) is 0 Å². The summed E-state index contributed by atoms with van der Waals surface area (Å²) in [6, 6.07) is 8.19. The van der Waals surface area contributed by atoms with Crippen molar-refractivity contribution in [3.05, 3.63) is 53.7 Å². The van der Waals surface area contributed by atoms with Gasteiger partial charge in [-0.25, -0.2) is 14.1 Å². The molecule has 3 aromatic heterocycles. The first-order valence-electron chi connectivity index (χ1n) is 16.6. The molecule has 0 radical (unpaired) electrons. The highest BCUT2D eigenvalue weighted by Crippen LogP contribution is 2.44. The van der Waals surface area contributed by atoms with Gasteiger partial charge in [0.15, 0.2) is 23.6 Å². The second-order valence-corrected chi connectivity index (χ2v) is 19.6. The molecule has 47 heavy (non-hydrogen) atoms. The van der Waals surface area contributed by atoms with Crippen LogP contribution in [-0.2, 0) is 16.5 Å². The number of halogens is 1. The molecule has 2 fully saturated rings. The van der Waals surface area contributed by atoms with Crippen LogP contribution in [0.3, 0.4) is 0 Å². The van der Waals surface area contributed by atoms with Crippen LogP contribution in [0.1, 0.15) is 49.6 Å². The van der Waals surface area contributed by atoms with Gasteiger partial charge in [-0.1, -0.05) is 25.7 Å². The monoisotopic (exact) mass is 662 g/mol. The molecule has 252 valence electrons. The molecular formula is C34H47FN8O3Si. The van der Waals surface area contributed by atoms with Crippen molar-refractivity contribution in [1.82, 2.24) is 29.5 Å². The smallest absolute Gasteiger partial charge is 0.232 e. The van der Waals surface area contributed by atoms with E-state index in [1.54, 1.807) is 28.9 Å². The van der Waals surface area contributed by atoms with Crippen molar-refractivity contribution in [3.8, 4) is 17.0 Å². The van der Waals surface area contributed by atoms with Crippen molar-refractivity contribution < 1.29 is 18.6 Å². The van der Waals surface area contributed by atoms with Crippen molar-refractivity contribution in [2.75, 3.05) is 36.8 Å². The standard InChI is InChI=1S/C34H47FN8O3Si/c1-23-11-14-28(27(35)18-23)41(4)34-37-31(25-20-36-40(3)21-25)32(46-26-12-13-26)33(38-34)42(22-44-16-17-47(5,6)7)29-19-24(2)43(39-29)30-10-8-9-15-45-30/h11,14,18-21,26,30H,8-10,12-13,15-17,22H2,1-7H3. The van der Waals surface area contributed by atoms with E-state index >= 15 is 4.39 Å². The first kappa shape index (κ1) is 33.1. The molecule has 0 bridgehead atoms. The van der Waals surface area contributed by atoms with Crippen LogP contribution in [0, 0.1) is 19.7 Å². The zero-order valence-electron chi connectivity index (χ0n) is 28.7. The summed E-state index contributed by atoms with van der Waals surface area (Å²) in [5.74, 6) is 1.64. The van der Waals surface area contributed by atoms with Crippen LogP contribution in [0.15, 0.2) is 36.7 Å². The van der Waals surface area contributed by atoms with E-state index in [1.807, 2.05) is 48.8 Å². The summed E-state index contributed by atoms with van der Waals surface area (Å²) >= 11 is 0. The SMILES string of the molecule is Cc1ccc(N(C)c2nc(-c3cnn(C)c3)c(OC3CC3)c(N(COCC[Si](C)(C)C)c3cc(C)n(C4CCCCO4)n3)n2)c(F)c1. The maximum absolute atomic E-state index is 15.3. The molecule has 4 aromatic rings. The highest BCUT2D eigenvalue weighted by atomic mass is 28.3. The molecule has 0 spiro atoms. The molecule has 1 saturated carbocycles. The summed E-state index contributed by atoms with van der Waals surface area (Å²) in [4.78, 5) is 13.7. The van der Waals surface area contributed by atoms with Gasteiger partial charge in [-0.15, -0.1) is 0 Å². The van der Waals surface area contributed by atoms with Crippen molar-refractivity contribution >= 4 is 31.3 Å². The summed E-state index contributed by atoms with van der Waals surface area (Å²) in [5, 5.41) is 9.51. The van der Waals surface area contributed by atoms with E-state index < -0.39 is 8.07 Å². The van der Waals surface area contributed by atoms with Crippen LogP contribution in [0.4, 0.5) is 27.7 Å². The van der Waals surface area contributed by atoms with Gasteiger partial charge in [0.25, 0.3) is 0 Å². The van der Waals surface area contributed by atoms with E-state index in [-0.39, 0.29) is 24.9 Å². The van der Waals surface area contributed by atoms with Gasteiger partial charge in [0.1, 0.15) is 18.2 Å². The summed E-state index contributed by atoms with van der Waals surface area (Å²) < 4.78 is 38.2. The average molecular weight is 663 g/mol. The number of aromatic nitrogens is 6. The molecule has 4 heterocycles. The summed E-state index contributed by atoms with van der Waals surface area (Å²) in [6.45, 7) is 12.4. The van der Waals surface area contributed by atoms with Gasteiger partial charge in [-0.3, -0.25) is 9.58 Å². The lowest BCUT2D eigenvalue weighted by Gasteiger charge is -2.28. The Hall–Kier alpha value is -3.81. The summed E-state index contributed by atoms with van der Waals surface area (Å²) in [5.41, 5.74) is 3.51. The molecule has 1 unspecified atom stereocenters. The fraction of sp³-hybridized carbons (Fsp3) is 0.529. The Bertz CT molecular complexity index is 1690. The first-order chi connectivity index (χ1) is 22.5. The molecule has 1 aromatic carbocycles. The van der Waals surface area contributed by atoms with Crippen LogP contribution in [0.2, 0.25) is 25.7 Å². The van der Waals surface area contributed by atoms with Gasteiger partial charge in [0.2, 0.25) is 5.95 Å². The molecule has 1 aliphatic heterocycles. The molecule has 0 amide bonds. The van der Waals surface area contributed by atoms with Crippen LogP contribution in [0.25, 0.3) is 11.3 Å². The van der Waals surface area contributed by atoms with E-state index in [0.29, 0.717) is 47.9 Å². The quantitative estimate of drug-likeness (QED) is 0.0831. The second kappa shape index (κ2) is 13.7. The average Bonchev–Trinajstić information content (AvgIpc) is 3.61. The zero-order chi connectivity index (χ0) is 33.3. The largest absolute Gasteiger partial charge is 0.484 e. The van der Waals surface area contributed by atoms with Gasteiger partial charge < -0.3 is 19.1 Å². The Balaban J connectivity index is 1.51. The Morgan fingerprint density at radius 1 is 1.09 bits per heavy atom. The Kier molecular flexibility index (Phi) is 9.67. The van der Waals surface area contributed by atoms with Crippen LogP contribution in [0.5, 0.6) is 5.75 Å². The molecule has 6 rings (SSSR count). The predicted octanol–water partition coefficient (Wildman–Crippen LogP) is 7.29. The topological polar surface area (TPSA) is 95.6 Å². The van der Waals surface area contributed by atoms with Crippen LogP contribution < -0.4 is 14.5 Å². The Morgan fingerprint density at radius 3 is 2.55 bits per heavy atom. The Morgan fingerprint density at radius 2 is 1.89 bits per heavy atom. The number of hydrogen-bond acceptors (Lipinski definition) is 9. The Labute approximate surface area is 277 Å². The lowest BCUT2D eigenvalue weighted by atomic mass is 10.2. The fourth-order valence-electron chi connectivity index (χ4n) is 5.53. The number of ether oxygens (including phenoxy) is 3. The third kappa shape index (κ3) is 7.85. The minimum absolute atomic E-state index is 0.0514. The van der Waals surface area contributed by atoms with Crippen molar-refractivity contribution in [2.24, 2.45) is 7.05 Å². The minimum atomic E-state index is -1.34. The number of benzene rings is 1. The van der Waals surface area contributed by atoms with Gasteiger partial charge in [-0.05, 0) is 69.7 Å². The highest BCUT2D eigenvalue weighted by Gasteiger charge is 2.33. The lowest BCUT2D eigenvalue weighted by Crippen LogP contribution is -2.28. The van der Waals surface area contributed by atoms with E-state index in [2.05, 4.69) is 24.7 Å². The number of aryl methyl sites for hydroxylation is 3. The molecule has 0 N–H and O–H groups in total.